The van der Waals surface area contributed by atoms with Gasteiger partial charge in [-0.05, 0) is 61.2 Å². The van der Waals surface area contributed by atoms with E-state index in [-0.39, 0.29) is 12.2 Å². The highest BCUT2D eigenvalue weighted by atomic mass is 32.2. The predicted octanol–water partition coefficient (Wildman–Crippen LogP) is 5.44. The quantitative estimate of drug-likeness (QED) is 0.257. The monoisotopic (exact) mass is 419 g/mol. The number of allylic oxidation sites excluding steroid dienone is 1. The smallest absolute Gasteiger partial charge is 0.303 e. The Morgan fingerprint density at radius 1 is 1.17 bits per heavy atom. The molecule has 2 aromatic carbocycles. The Morgan fingerprint density at radius 2 is 1.79 bits per heavy atom. The van der Waals surface area contributed by atoms with Crippen LogP contribution in [0.15, 0.2) is 59.7 Å². The number of thioether (sulfide) groups is 1. The van der Waals surface area contributed by atoms with Crippen LogP contribution in [0.2, 0.25) is 0 Å². The second-order valence-electron chi connectivity index (χ2n) is 5.63. The maximum absolute atomic E-state index is 10.5. The van der Waals surface area contributed by atoms with Gasteiger partial charge in [-0.3, -0.25) is 4.79 Å². The van der Waals surface area contributed by atoms with Gasteiger partial charge in [0.05, 0.1) is 6.26 Å². The van der Waals surface area contributed by atoms with Crippen molar-refractivity contribution in [2.45, 2.75) is 37.7 Å². The molecule has 158 valence electrons. The zero-order valence-corrected chi connectivity index (χ0v) is 17.6. The van der Waals surface area contributed by atoms with Gasteiger partial charge < -0.3 is 25.5 Å². The van der Waals surface area contributed by atoms with Crippen LogP contribution in [0.4, 0.5) is 0 Å². The molecule has 0 atom stereocenters. The lowest BCUT2D eigenvalue weighted by molar-refractivity contribution is -0.136. The highest BCUT2D eigenvalue weighted by molar-refractivity contribution is 7.98. The number of nitrogens with one attached hydrogen (secondary N) is 1. The molecule has 6 nitrogen and oxygen atoms in total. The zero-order chi connectivity index (χ0) is 22.1. The Balaban J connectivity index is 0.000000977. The summed E-state index contributed by atoms with van der Waals surface area (Å²) in [6.07, 6.45) is 6.21. The van der Waals surface area contributed by atoms with Crippen LogP contribution in [-0.4, -0.2) is 34.3 Å². The highest BCUT2D eigenvalue weighted by Crippen LogP contribution is 2.27. The Morgan fingerprint density at radius 3 is 2.28 bits per heavy atom. The average molecular weight is 420 g/mol. The summed E-state index contributed by atoms with van der Waals surface area (Å²) >= 11 is 1.49. The van der Waals surface area contributed by atoms with Crippen LogP contribution in [-0.2, 0) is 17.8 Å². The van der Waals surface area contributed by atoms with Crippen molar-refractivity contribution in [1.82, 2.24) is 0 Å². The standard InChI is InChI=1S/C17H18O4S.C4H8O.CH3N/c1-22-16-10-13(4-8-15(16)18)11-21-14-6-2-12(3-7-14)5-9-17(19)20;1-2-3-4-5;1-2/h2-4,6-8,10,18H,5,9,11H2,1H3,(H,19,20);3-5H,2H2,1H3;2H,1H2/b;4-3-;. The molecule has 0 heterocycles. The first-order chi connectivity index (χ1) is 14.0. The minimum atomic E-state index is -0.794. The number of phenols is 1. The van der Waals surface area contributed by atoms with Gasteiger partial charge in [-0.25, -0.2) is 0 Å². The summed E-state index contributed by atoms with van der Waals surface area (Å²) in [5, 5.41) is 31.7. The van der Waals surface area contributed by atoms with Gasteiger partial charge in [0.25, 0.3) is 0 Å². The molecule has 0 aliphatic rings. The molecule has 29 heavy (non-hydrogen) atoms. The summed E-state index contributed by atoms with van der Waals surface area (Å²) in [5.74, 6) is 0.217. The molecular weight excluding hydrogens is 390 g/mol. The maximum atomic E-state index is 10.5. The van der Waals surface area contributed by atoms with Gasteiger partial charge in [0.1, 0.15) is 18.1 Å². The molecule has 2 rings (SSSR count). The van der Waals surface area contributed by atoms with Gasteiger partial charge in [0, 0.05) is 11.3 Å². The number of carbonyl (C=O) groups is 1. The van der Waals surface area contributed by atoms with E-state index in [1.54, 1.807) is 12.1 Å². The van der Waals surface area contributed by atoms with E-state index in [0.717, 1.165) is 34.5 Å². The van der Waals surface area contributed by atoms with E-state index in [1.165, 1.54) is 11.8 Å². The highest BCUT2D eigenvalue weighted by Gasteiger charge is 2.03. The summed E-state index contributed by atoms with van der Waals surface area (Å²) in [6, 6.07) is 12.8. The minimum absolute atomic E-state index is 0.130. The third-order valence-electron chi connectivity index (χ3n) is 3.54. The number of ether oxygens (including phenoxy) is 1. The first kappa shape index (κ1) is 26.1. The van der Waals surface area contributed by atoms with Crippen molar-refractivity contribution in [2.24, 2.45) is 0 Å². The fourth-order valence-corrected chi connectivity index (χ4v) is 2.63. The molecule has 0 aliphatic heterocycles. The number of aliphatic hydroxyl groups excluding tert-OH is 1. The lowest BCUT2D eigenvalue weighted by atomic mass is 10.1. The normalized spacial score (nSPS) is 9.72. The maximum Gasteiger partial charge on any atom is 0.303 e. The summed E-state index contributed by atoms with van der Waals surface area (Å²) in [6.45, 7) is 4.88. The molecule has 7 heteroatoms. The van der Waals surface area contributed by atoms with E-state index < -0.39 is 5.97 Å². The van der Waals surface area contributed by atoms with Gasteiger partial charge in [0.15, 0.2) is 0 Å². The van der Waals surface area contributed by atoms with E-state index in [2.05, 4.69) is 6.72 Å². The lowest BCUT2D eigenvalue weighted by Gasteiger charge is -2.09. The second kappa shape index (κ2) is 16.1. The lowest BCUT2D eigenvalue weighted by Crippen LogP contribution is -1.98. The molecule has 2 aromatic rings. The van der Waals surface area contributed by atoms with Crippen LogP contribution in [0.1, 0.15) is 30.9 Å². The molecule has 0 bridgehead atoms. The third kappa shape index (κ3) is 11.5. The van der Waals surface area contributed by atoms with E-state index >= 15 is 0 Å². The van der Waals surface area contributed by atoms with Gasteiger partial charge in [0.2, 0.25) is 0 Å². The Kier molecular flexibility index (Phi) is 14.4. The number of hydrogen-bond acceptors (Lipinski definition) is 6. The predicted molar refractivity (Wildman–Crippen MR) is 119 cm³/mol. The number of rotatable bonds is 8. The summed E-state index contributed by atoms with van der Waals surface area (Å²) in [4.78, 5) is 11.4. The minimum Gasteiger partial charge on any atom is -0.516 e. The van der Waals surface area contributed by atoms with Crippen LogP contribution >= 0.6 is 11.8 Å². The van der Waals surface area contributed by atoms with Crippen LogP contribution in [0.3, 0.4) is 0 Å². The summed E-state index contributed by atoms with van der Waals surface area (Å²) in [5.41, 5.74) is 1.96. The number of aliphatic carboxylic acids is 1. The van der Waals surface area contributed by atoms with Crippen LogP contribution < -0.4 is 4.74 Å². The molecule has 0 spiro atoms. The van der Waals surface area contributed by atoms with E-state index in [9.17, 15) is 9.90 Å². The van der Waals surface area contributed by atoms with Gasteiger partial charge in [-0.15, -0.1) is 11.8 Å². The van der Waals surface area contributed by atoms with E-state index in [4.69, 9.17) is 20.4 Å². The number of aromatic hydroxyl groups is 1. The SMILES string of the molecule is C=N.CC/C=C\O.CSc1cc(COc2ccc(CCC(=O)O)cc2)ccc1O. The fraction of sp³-hybridized carbons (Fsp3) is 0.273. The molecule has 4 N–H and O–H groups in total. The van der Waals surface area contributed by atoms with Crippen LogP contribution in [0, 0.1) is 5.41 Å². The fourth-order valence-electron chi connectivity index (χ4n) is 2.09. The second-order valence-corrected chi connectivity index (χ2v) is 6.47. The molecule has 0 saturated heterocycles. The van der Waals surface area contributed by atoms with E-state index in [0.29, 0.717) is 13.0 Å². The van der Waals surface area contributed by atoms with Gasteiger partial charge in [-0.1, -0.05) is 31.2 Å². The van der Waals surface area contributed by atoms with Crippen molar-refractivity contribution >= 4 is 24.4 Å². The Labute approximate surface area is 176 Å². The van der Waals surface area contributed by atoms with Crippen molar-refractivity contribution in [1.29, 1.82) is 5.41 Å². The molecule has 0 unspecified atom stereocenters. The number of hydrogen-bond donors (Lipinski definition) is 4. The molecule has 0 aliphatic carbocycles. The number of carboxylic acid groups (broad SMARTS) is 1. The Bertz CT molecular complexity index is 747. The Hall–Kier alpha value is -2.93. The topological polar surface area (TPSA) is 111 Å². The van der Waals surface area contributed by atoms with Crippen molar-refractivity contribution in [3.8, 4) is 11.5 Å². The first-order valence-corrected chi connectivity index (χ1v) is 10.2. The summed E-state index contributed by atoms with van der Waals surface area (Å²) < 4.78 is 5.70. The van der Waals surface area contributed by atoms with Gasteiger partial charge >= 0.3 is 5.97 Å². The third-order valence-corrected chi connectivity index (χ3v) is 4.31. The number of aliphatic hydroxyl groups is 1. The van der Waals surface area contributed by atoms with Crippen molar-refractivity contribution in [3.05, 3.63) is 65.9 Å². The zero-order valence-electron chi connectivity index (χ0n) is 16.8. The largest absolute Gasteiger partial charge is 0.516 e. The molecule has 0 aromatic heterocycles. The number of carboxylic acids is 1. The molecular formula is C22H29NO5S. The first-order valence-electron chi connectivity index (χ1n) is 8.94. The van der Waals surface area contributed by atoms with Crippen molar-refractivity contribution < 1.29 is 24.9 Å². The average Bonchev–Trinajstić information content (AvgIpc) is 2.75. The molecule has 0 saturated carbocycles. The van der Waals surface area contributed by atoms with Crippen molar-refractivity contribution in [3.63, 3.8) is 0 Å². The van der Waals surface area contributed by atoms with Crippen LogP contribution in [0.25, 0.3) is 0 Å². The molecule has 0 radical (unpaired) electrons. The number of phenolic OH excluding ortho intramolecular Hbond substituents is 1. The number of aryl methyl sites for hydroxylation is 1. The van der Waals surface area contributed by atoms with Crippen LogP contribution in [0.5, 0.6) is 11.5 Å². The summed E-state index contributed by atoms with van der Waals surface area (Å²) in [7, 11) is 0. The van der Waals surface area contributed by atoms with Crippen molar-refractivity contribution in [2.75, 3.05) is 6.26 Å². The number of benzene rings is 2. The van der Waals surface area contributed by atoms with Gasteiger partial charge in [-0.2, -0.15) is 0 Å². The molecule has 0 fully saturated rings. The van der Waals surface area contributed by atoms with E-state index in [1.807, 2.05) is 49.6 Å². The molecule has 0 amide bonds.